The van der Waals surface area contributed by atoms with Crippen LogP contribution in [0.3, 0.4) is 0 Å². The van der Waals surface area contributed by atoms with Gasteiger partial charge in [0, 0.05) is 43.2 Å². The van der Waals surface area contributed by atoms with Crippen LogP contribution in [0.25, 0.3) is 0 Å². The quantitative estimate of drug-likeness (QED) is 0.158. The van der Waals surface area contributed by atoms with Crippen LogP contribution in [0.1, 0.15) is 70.7 Å². The van der Waals surface area contributed by atoms with E-state index in [-0.39, 0.29) is 42.8 Å². The largest absolute Gasteiger partial charge is 0.465 e. The number of nitrogens with zero attached hydrogens (tertiary/aromatic N) is 1. The summed E-state index contributed by atoms with van der Waals surface area (Å²) in [6.45, 7) is 8.39. The van der Waals surface area contributed by atoms with Gasteiger partial charge in [-0.15, -0.1) is 0 Å². The Hall–Kier alpha value is -3.53. The summed E-state index contributed by atoms with van der Waals surface area (Å²) in [5, 5.41) is 2.69. The predicted molar refractivity (Wildman–Crippen MR) is 202 cm³/mol. The van der Waals surface area contributed by atoms with Gasteiger partial charge in [-0.05, 0) is 105 Å². The maximum Gasteiger partial charge on any atom is 0.407 e. The van der Waals surface area contributed by atoms with Crippen molar-refractivity contribution in [2.24, 2.45) is 10.8 Å². The lowest BCUT2D eigenvalue weighted by Crippen LogP contribution is -2.49. The van der Waals surface area contributed by atoms with Gasteiger partial charge in [0.05, 0.1) is 25.3 Å². The third kappa shape index (κ3) is 9.18. The Bertz CT molecular complexity index is 1770. The monoisotopic (exact) mass is 894 g/mol. The number of alkyl carbamates (subject to hydrolysis) is 1. The summed E-state index contributed by atoms with van der Waals surface area (Å²) >= 11 is 4.24. The number of Topliss-reactive ketones (excluding diaryl/α,β-unsaturated/α-hetero) is 1. The molecule has 1 aliphatic heterocycles. The Morgan fingerprint density at radius 3 is 1.98 bits per heavy atom. The van der Waals surface area contributed by atoms with E-state index in [1.807, 2.05) is 70.2 Å². The molecule has 2 amide bonds. The van der Waals surface area contributed by atoms with E-state index in [0.29, 0.717) is 29.7 Å². The van der Waals surface area contributed by atoms with Crippen molar-refractivity contribution >= 4 is 80.6 Å². The molecule has 0 aromatic heterocycles. The Morgan fingerprint density at radius 1 is 0.796 bits per heavy atom. The van der Waals surface area contributed by atoms with E-state index in [1.165, 1.54) is 14.2 Å². The number of rotatable bonds is 7. The van der Waals surface area contributed by atoms with E-state index in [4.69, 9.17) is 14.2 Å². The summed E-state index contributed by atoms with van der Waals surface area (Å²) < 4.78 is 16.5. The van der Waals surface area contributed by atoms with Crippen LogP contribution < -0.4 is 10.2 Å². The first-order valence-corrected chi connectivity index (χ1v) is 17.8. The maximum absolute atomic E-state index is 13.1. The molecule has 1 N–H and O–H groups in total. The van der Waals surface area contributed by atoms with Crippen molar-refractivity contribution in [2.75, 3.05) is 32.2 Å². The van der Waals surface area contributed by atoms with Gasteiger partial charge < -0.3 is 24.4 Å². The molecule has 0 atom stereocenters. The van der Waals surface area contributed by atoms with Crippen molar-refractivity contribution in [1.29, 1.82) is 0 Å². The Kier molecular flexibility index (Phi) is 12.5. The lowest BCUT2D eigenvalue weighted by atomic mass is 9.73. The van der Waals surface area contributed by atoms with Crippen LogP contribution >= 0.6 is 45.2 Å². The molecule has 12 heteroatoms. The summed E-state index contributed by atoms with van der Waals surface area (Å²) in [5.41, 5.74) is 4.73. The van der Waals surface area contributed by atoms with E-state index in [2.05, 4.69) is 50.5 Å². The minimum atomic E-state index is -0.587. The van der Waals surface area contributed by atoms with E-state index in [0.717, 1.165) is 35.8 Å². The number of carbonyl (C=O) groups is 5. The van der Waals surface area contributed by atoms with Crippen LogP contribution in [0.15, 0.2) is 54.6 Å². The van der Waals surface area contributed by atoms with Crippen LogP contribution in [0.2, 0.25) is 0 Å². The van der Waals surface area contributed by atoms with E-state index in [1.54, 1.807) is 17.0 Å². The minimum absolute atomic E-state index is 0.0588. The van der Waals surface area contributed by atoms with Crippen LogP contribution in [-0.4, -0.2) is 57.0 Å². The van der Waals surface area contributed by atoms with Gasteiger partial charge in [-0.25, -0.2) is 14.4 Å². The SMILES string of the molecule is COC(=O)c1cc2c(cc1I)CC(C)(C)C(=O)C2.COC(=O)c1cc2c(cc1I)CC(C)(C)C(=O)N2CCNC(=O)OCc1ccccc1. The van der Waals surface area contributed by atoms with Crippen LogP contribution in [-0.2, 0) is 49.7 Å². The number of nitrogens with one attached hydrogen (secondary N) is 1. The molecular weight excluding hydrogens is 854 g/mol. The van der Waals surface area contributed by atoms with Crippen molar-refractivity contribution in [3.63, 3.8) is 0 Å². The van der Waals surface area contributed by atoms with Gasteiger partial charge in [0.2, 0.25) is 5.91 Å². The third-order valence-corrected chi connectivity index (χ3v) is 10.4. The number of methoxy groups -OCH3 is 2. The molecule has 0 bridgehead atoms. The lowest BCUT2D eigenvalue weighted by molar-refractivity contribution is -0.127. The molecular formula is C37H40I2N2O8. The van der Waals surface area contributed by atoms with Gasteiger partial charge in [0.15, 0.2) is 0 Å². The number of fused-ring (bicyclic) bond motifs is 2. The Labute approximate surface area is 313 Å². The second-order valence-electron chi connectivity index (χ2n) is 13.2. The number of halogens is 2. The molecule has 1 heterocycles. The van der Waals surface area contributed by atoms with E-state index < -0.39 is 17.5 Å². The molecule has 5 rings (SSSR count). The average Bonchev–Trinajstić information content (AvgIpc) is 3.05. The topological polar surface area (TPSA) is 128 Å². The fraction of sp³-hybridized carbons (Fsp3) is 0.378. The van der Waals surface area contributed by atoms with Crippen molar-refractivity contribution in [3.8, 4) is 0 Å². The molecule has 10 nitrogen and oxygen atoms in total. The number of esters is 2. The number of amides is 2. The first-order valence-electron chi connectivity index (χ1n) is 15.7. The zero-order valence-corrected chi connectivity index (χ0v) is 32.7. The van der Waals surface area contributed by atoms with Crippen molar-refractivity contribution in [3.05, 3.63) is 95.1 Å². The smallest absolute Gasteiger partial charge is 0.407 e. The van der Waals surface area contributed by atoms with Crippen LogP contribution in [0, 0.1) is 18.0 Å². The highest BCUT2D eigenvalue weighted by molar-refractivity contribution is 14.1. The summed E-state index contributed by atoms with van der Waals surface area (Å²) in [6, 6.07) is 16.8. The first-order chi connectivity index (χ1) is 23.1. The predicted octanol–water partition coefficient (Wildman–Crippen LogP) is 6.69. The molecule has 3 aromatic rings. The fourth-order valence-corrected chi connectivity index (χ4v) is 7.30. The average molecular weight is 895 g/mol. The number of ketones is 1. The van der Waals surface area contributed by atoms with Gasteiger partial charge in [0.25, 0.3) is 0 Å². The van der Waals surface area contributed by atoms with Crippen molar-refractivity contribution in [1.82, 2.24) is 5.32 Å². The highest BCUT2D eigenvalue weighted by Crippen LogP contribution is 2.39. The number of benzene rings is 3. The molecule has 1 aliphatic carbocycles. The molecule has 0 radical (unpaired) electrons. The summed E-state index contributed by atoms with van der Waals surface area (Å²) in [7, 11) is 2.70. The van der Waals surface area contributed by atoms with Crippen molar-refractivity contribution < 1.29 is 38.2 Å². The lowest BCUT2D eigenvalue weighted by Gasteiger charge is -2.39. The zero-order chi connectivity index (χ0) is 36.1. The van der Waals surface area contributed by atoms with E-state index in [9.17, 15) is 24.0 Å². The number of hydrogen-bond donors (Lipinski definition) is 1. The summed E-state index contributed by atoms with van der Waals surface area (Å²) in [4.78, 5) is 62.5. The van der Waals surface area contributed by atoms with Gasteiger partial charge in [-0.1, -0.05) is 58.0 Å². The second-order valence-corrected chi connectivity index (χ2v) is 15.5. The molecule has 0 saturated carbocycles. The summed E-state index contributed by atoms with van der Waals surface area (Å²) in [6.07, 6.45) is 1.16. The number of ether oxygens (including phenoxy) is 3. The molecule has 0 saturated heterocycles. The molecule has 0 unspecified atom stereocenters. The Balaban J connectivity index is 0.000000254. The first kappa shape index (κ1) is 38.3. The molecule has 49 heavy (non-hydrogen) atoms. The summed E-state index contributed by atoms with van der Waals surface area (Å²) in [5.74, 6) is -0.630. The van der Waals surface area contributed by atoms with Gasteiger partial charge in [0.1, 0.15) is 12.4 Å². The molecule has 3 aromatic carbocycles. The molecule has 0 fully saturated rings. The molecule has 260 valence electrons. The van der Waals surface area contributed by atoms with Crippen LogP contribution in [0.5, 0.6) is 0 Å². The number of hydrogen-bond acceptors (Lipinski definition) is 8. The van der Waals surface area contributed by atoms with Gasteiger partial charge in [-0.2, -0.15) is 0 Å². The number of anilines is 1. The zero-order valence-electron chi connectivity index (χ0n) is 28.4. The minimum Gasteiger partial charge on any atom is -0.465 e. The fourth-order valence-electron chi connectivity index (χ4n) is 5.80. The van der Waals surface area contributed by atoms with E-state index >= 15 is 0 Å². The van der Waals surface area contributed by atoms with Gasteiger partial charge >= 0.3 is 18.0 Å². The molecule has 2 aliphatic rings. The Morgan fingerprint density at radius 2 is 1.37 bits per heavy atom. The third-order valence-electron chi connectivity index (χ3n) is 8.57. The van der Waals surface area contributed by atoms with Crippen LogP contribution in [0.4, 0.5) is 10.5 Å². The highest BCUT2D eigenvalue weighted by Gasteiger charge is 2.39. The highest BCUT2D eigenvalue weighted by atomic mass is 127. The maximum atomic E-state index is 13.1. The van der Waals surface area contributed by atoms with Gasteiger partial charge in [-0.3, -0.25) is 9.59 Å². The second kappa shape index (κ2) is 16.0. The molecule has 0 spiro atoms. The number of carbonyl (C=O) groups excluding carboxylic acids is 5. The van der Waals surface area contributed by atoms with Crippen molar-refractivity contribution in [2.45, 2.75) is 53.6 Å². The normalized spacial score (nSPS) is 15.6. The standard InChI is InChI=1S/C23H25IN2O5.C14H15IO3/c1-23(2)13-16-11-18(24)17(20(27)30-3)12-19(16)26(21(23)28)10-9-25-22(29)31-14-15-7-5-4-6-8-15;1-14(2)7-9-5-11(15)10(13(17)18-3)4-8(9)6-12(14)16/h4-8,11-12H,9-10,13-14H2,1-3H3,(H,25,29);4-5H,6-7H2,1-3H3.